The molecule has 4 atom stereocenters. The fourth-order valence-corrected chi connectivity index (χ4v) is 3.50. The number of likely N-dealkylation sites (N-methyl/N-ethyl adjacent to an activating group) is 11. The highest BCUT2D eigenvalue weighted by molar-refractivity contribution is 5.81. The summed E-state index contributed by atoms with van der Waals surface area (Å²) in [5.41, 5.74) is 9.77. The van der Waals surface area contributed by atoms with Gasteiger partial charge in [0, 0.05) is 55.4 Å². The second-order valence-corrected chi connectivity index (χ2v) is 19.5. The summed E-state index contributed by atoms with van der Waals surface area (Å²) >= 11 is 0. The van der Waals surface area contributed by atoms with Crippen molar-refractivity contribution in [1.82, 2.24) is 64.5 Å². The Balaban J connectivity index is -0.0000000967. The van der Waals surface area contributed by atoms with Gasteiger partial charge < -0.3 is 71.0 Å². The molecule has 27 heteroatoms. The number of amides is 6. The van der Waals surface area contributed by atoms with E-state index in [-0.39, 0.29) is 78.0 Å². The van der Waals surface area contributed by atoms with Gasteiger partial charge in [0.1, 0.15) is 6.04 Å². The quantitative estimate of drug-likeness (QED) is 0.0777. The van der Waals surface area contributed by atoms with Crippen LogP contribution in [0.3, 0.4) is 0 Å². The molecule has 77 heavy (non-hydrogen) atoms. The topological polar surface area (TPSA) is 304 Å². The van der Waals surface area contributed by atoms with E-state index in [2.05, 4.69) is 20.1 Å². The molecule has 0 fully saturated rings. The van der Waals surface area contributed by atoms with E-state index in [1.165, 1.54) is 14.2 Å². The third-order valence-electron chi connectivity index (χ3n) is 9.40. The number of hydrogen-bond acceptors (Lipinski definition) is 20. The lowest BCUT2D eigenvalue weighted by atomic mass is 10.3. The van der Waals surface area contributed by atoms with Crippen molar-refractivity contribution in [2.24, 2.45) is 11.5 Å². The van der Waals surface area contributed by atoms with Crippen LogP contribution in [0.2, 0.25) is 0 Å². The lowest BCUT2D eigenvalue weighted by Gasteiger charge is -2.22. The highest BCUT2D eigenvalue weighted by atomic mass is 16.5. The zero-order valence-corrected chi connectivity index (χ0v) is 53.8. The number of carboxylic acid groups (broad SMARTS) is 1. The van der Waals surface area contributed by atoms with Crippen molar-refractivity contribution in [3.05, 3.63) is 0 Å². The molecule has 0 aromatic carbocycles. The molecule has 0 heterocycles. The third-order valence-corrected chi connectivity index (χ3v) is 9.40. The summed E-state index contributed by atoms with van der Waals surface area (Å²) in [6, 6.07) is -0.352. The van der Waals surface area contributed by atoms with E-state index < -0.39 is 5.97 Å². The van der Waals surface area contributed by atoms with Crippen LogP contribution in [-0.2, 0) is 52.6 Å². The maximum Gasteiger partial charge on any atom is 0.322 e. The Kier molecular flexibility index (Phi) is 67.7. The minimum Gasteiger partial charge on any atom is -0.481 e. The van der Waals surface area contributed by atoms with Crippen molar-refractivity contribution in [2.75, 3.05) is 216 Å². The fourth-order valence-electron chi connectivity index (χ4n) is 3.50. The molecule has 27 nitrogen and oxygen atoms in total. The van der Waals surface area contributed by atoms with Gasteiger partial charge in [0.2, 0.25) is 35.4 Å². The van der Waals surface area contributed by atoms with Crippen LogP contribution in [0.4, 0.5) is 0 Å². The first-order chi connectivity index (χ1) is 34.8. The third kappa shape index (κ3) is 79.9. The first-order valence-corrected chi connectivity index (χ1v) is 24.5. The van der Waals surface area contributed by atoms with E-state index in [0.29, 0.717) is 32.6 Å². The van der Waals surface area contributed by atoms with Crippen LogP contribution in [0.15, 0.2) is 0 Å². The molecular formula is C50H115N15O12. The molecule has 462 valence electrons. The van der Waals surface area contributed by atoms with Gasteiger partial charge in [-0.2, -0.15) is 0 Å². The predicted octanol–water partition coefficient (Wildman–Crippen LogP) is -2.66. The zero-order chi connectivity index (χ0) is 63.6. The first kappa shape index (κ1) is 91.3. The normalized spacial score (nSPS) is 11.5. The SMILES string of the molecule is CC(C(=O)N(C)C)N(C)C.CC(C(N)=O)N(C)C.CN(C)CC(=O)N(C)C.CN(C)CC(N)=O.CN(C)CCC(=O)O.CNC(=O)C(C)N(C)C.CNC(=O)CN(C)C.COC(=O)C(C)N(C)C.COC(=O)CCN(C)C. The van der Waals surface area contributed by atoms with Crippen LogP contribution >= 0.6 is 0 Å². The van der Waals surface area contributed by atoms with E-state index in [4.69, 9.17) is 16.6 Å². The summed E-state index contributed by atoms with van der Waals surface area (Å²) in [5.74, 6) is -1.26. The average Bonchev–Trinajstić information content (AvgIpc) is 3.31. The maximum atomic E-state index is 11.2. The van der Waals surface area contributed by atoms with Gasteiger partial charge >= 0.3 is 17.9 Å². The monoisotopic (exact) mass is 1120 g/mol. The van der Waals surface area contributed by atoms with Crippen molar-refractivity contribution >= 4 is 53.4 Å². The van der Waals surface area contributed by atoms with Gasteiger partial charge in [0.25, 0.3) is 0 Å². The molecule has 7 N–H and O–H groups in total. The summed E-state index contributed by atoms with van der Waals surface area (Å²) in [6.45, 7) is 9.99. The lowest BCUT2D eigenvalue weighted by Crippen LogP contribution is -2.40. The highest BCUT2D eigenvalue weighted by Gasteiger charge is 2.16. The summed E-state index contributed by atoms with van der Waals surface area (Å²) in [7, 11) is 46.5. The standard InChI is InChI=1S/C7H16N2O.2C6H14N2O.2C6H13NO2.2C5H12N2O.C5H11NO2.C4H10N2O/c1-6(8(2)3)7(10)9(4)5;1-7(2)5-6(9)8(3)4;1-5(8(3)4)6(9)7-2;1-7(2)5-4-6(8)9-3;1-5(7(2)3)6(8)9-4;1-6-5(8)4-7(2)3;1-4(5(6)8)7(2)3;1-6(2)4-3-5(7)8;1-6(2)3-4(5)7/h6H,1-5H3;5H2,1-4H3;5H,1-4H3,(H,7,9);4-5H2,1-3H3;5H,1-4H3;4H2,1-3H3,(H,6,8);4H,1-3H3,(H2,6,8);3-4H2,1-2H3,(H,7,8);3H2,1-2H3,(H2,5,7). The number of hydrogen-bond donors (Lipinski definition) is 5. The molecule has 0 aliphatic carbocycles. The number of ether oxygens (including phenoxy) is 2. The molecule has 0 spiro atoms. The molecule has 4 unspecified atom stereocenters. The van der Waals surface area contributed by atoms with Gasteiger partial charge in [-0.1, -0.05) is 0 Å². The molecule has 0 radical (unpaired) electrons. The molecule has 6 amide bonds. The Morgan fingerprint density at radius 1 is 0.455 bits per heavy atom. The highest BCUT2D eigenvalue weighted by Crippen LogP contribution is 1.95. The Bertz CT molecular complexity index is 1500. The minimum atomic E-state index is -0.737. The second-order valence-electron chi connectivity index (χ2n) is 19.5. The number of methoxy groups -OCH3 is 2. The van der Waals surface area contributed by atoms with Crippen LogP contribution in [-0.4, -0.2) is 353 Å². The Hall–Kier alpha value is -5.13. The number of rotatable bonds is 20. The molecular weight excluding hydrogens is 1000 g/mol. The number of esters is 2. The Morgan fingerprint density at radius 3 is 0.935 bits per heavy atom. The molecule has 0 aliphatic rings. The van der Waals surface area contributed by atoms with Crippen LogP contribution in [0.5, 0.6) is 0 Å². The van der Waals surface area contributed by atoms with E-state index in [9.17, 15) is 43.2 Å². The van der Waals surface area contributed by atoms with Crippen molar-refractivity contribution in [1.29, 1.82) is 0 Å². The minimum absolute atomic E-state index is 0.0185. The average molecular weight is 1120 g/mol. The molecule has 0 aliphatic heterocycles. The second kappa shape index (κ2) is 57.1. The van der Waals surface area contributed by atoms with Crippen LogP contribution in [0.1, 0.15) is 40.5 Å². The number of primary amides is 2. The summed E-state index contributed by atoms with van der Waals surface area (Å²) in [4.78, 5) is 114. The molecule has 0 bridgehead atoms. The van der Waals surface area contributed by atoms with Crippen molar-refractivity contribution in [3.63, 3.8) is 0 Å². The van der Waals surface area contributed by atoms with Gasteiger partial charge in [-0.25, -0.2) is 0 Å². The van der Waals surface area contributed by atoms with E-state index in [1.807, 2.05) is 156 Å². The van der Waals surface area contributed by atoms with Crippen molar-refractivity contribution in [2.45, 2.75) is 64.7 Å². The van der Waals surface area contributed by atoms with Crippen molar-refractivity contribution < 1.29 is 57.7 Å². The number of nitrogens with two attached hydrogens (primary N) is 2. The van der Waals surface area contributed by atoms with E-state index in [1.54, 1.807) is 94.7 Å². The van der Waals surface area contributed by atoms with Gasteiger partial charge in [-0.3, -0.25) is 62.8 Å². The van der Waals surface area contributed by atoms with Gasteiger partial charge in [-0.15, -0.1) is 0 Å². The van der Waals surface area contributed by atoms with Gasteiger partial charge in [0.15, 0.2) is 0 Å². The first-order valence-electron chi connectivity index (χ1n) is 24.5. The van der Waals surface area contributed by atoms with Crippen molar-refractivity contribution in [3.8, 4) is 0 Å². The number of nitrogens with one attached hydrogen (secondary N) is 2. The van der Waals surface area contributed by atoms with Crippen LogP contribution in [0, 0.1) is 0 Å². The summed E-state index contributed by atoms with van der Waals surface area (Å²) in [5, 5.41) is 13.2. The molecule has 0 saturated carbocycles. The summed E-state index contributed by atoms with van der Waals surface area (Å²) in [6.07, 6.45) is 0.705. The van der Waals surface area contributed by atoms with Gasteiger partial charge in [0.05, 0.1) is 64.8 Å². The number of carbonyl (C=O) groups is 9. The fraction of sp³-hybridized carbons (Fsp3) is 0.820. The summed E-state index contributed by atoms with van der Waals surface area (Å²) < 4.78 is 8.93. The van der Waals surface area contributed by atoms with E-state index >= 15 is 0 Å². The smallest absolute Gasteiger partial charge is 0.322 e. The number of aliphatic carboxylic acids is 1. The van der Waals surface area contributed by atoms with Crippen LogP contribution < -0.4 is 22.1 Å². The van der Waals surface area contributed by atoms with Gasteiger partial charge in [-0.05, 0) is 155 Å². The zero-order valence-electron chi connectivity index (χ0n) is 53.8. The number of carbonyl (C=O) groups excluding carboxylic acids is 8. The molecule has 0 aromatic heterocycles. The predicted molar refractivity (Wildman–Crippen MR) is 310 cm³/mol. The van der Waals surface area contributed by atoms with Crippen LogP contribution in [0.25, 0.3) is 0 Å². The number of carboxylic acids is 1. The Morgan fingerprint density at radius 2 is 0.818 bits per heavy atom. The van der Waals surface area contributed by atoms with E-state index in [0.717, 1.165) is 6.54 Å². The lowest BCUT2D eigenvalue weighted by molar-refractivity contribution is -0.145. The molecule has 0 saturated heterocycles. The largest absolute Gasteiger partial charge is 0.481 e. The number of nitrogens with zero attached hydrogens (tertiary/aromatic N) is 11. The molecule has 0 aromatic rings. The Labute approximate surface area is 466 Å². The maximum absolute atomic E-state index is 11.2. The molecule has 0 rings (SSSR count).